The number of carbonyl (C=O) groups is 1. The van der Waals surface area contributed by atoms with Gasteiger partial charge in [-0.15, -0.1) is 11.3 Å². The van der Waals surface area contributed by atoms with Gasteiger partial charge in [-0.25, -0.2) is 0 Å². The first-order valence-corrected chi connectivity index (χ1v) is 7.82. The molecule has 1 atom stereocenters. The first-order chi connectivity index (χ1) is 10.0. The third-order valence-corrected chi connectivity index (χ3v) is 4.40. The molecule has 1 aromatic heterocycles. The number of hydrogen-bond acceptors (Lipinski definition) is 4. The lowest BCUT2D eigenvalue weighted by atomic mass is 10.0. The average molecular weight is 303 g/mol. The molecule has 0 aliphatic rings. The normalized spacial score (nSPS) is 12.2. The number of aryl methyl sites for hydroxylation is 1. The van der Waals surface area contributed by atoms with Gasteiger partial charge < -0.3 is 10.7 Å². The molecule has 2 aromatic rings. The number of hydrogen-bond donors (Lipinski definition) is 3. The van der Waals surface area contributed by atoms with Crippen molar-refractivity contribution in [2.24, 2.45) is 11.8 Å². The van der Waals surface area contributed by atoms with E-state index in [-0.39, 0.29) is 11.9 Å². The van der Waals surface area contributed by atoms with Crippen molar-refractivity contribution in [2.45, 2.75) is 26.8 Å². The lowest BCUT2D eigenvalue weighted by molar-refractivity contribution is 0.0926. The molecular weight excluding hydrogens is 282 g/mol. The maximum Gasteiger partial charge on any atom is 0.251 e. The zero-order valence-electron chi connectivity index (χ0n) is 12.5. The van der Waals surface area contributed by atoms with Crippen LogP contribution in [0, 0.1) is 12.8 Å². The van der Waals surface area contributed by atoms with Gasteiger partial charge in [-0.05, 0) is 48.1 Å². The fourth-order valence-corrected chi connectivity index (χ4v) is 3.18. The van der Waals surface area contributed by atoms with Gasteiger partial charge in [0.1, 0.15) is 0 Å². The van der Waals surface area contributed by atoms with Crippen molar-refractivity contribution < 1.29 is 4.79 Å². The van der Waals surface area contributed by atoms with Gasteiger partial charge in [0.2, 0.25) is 0 Å². The van der Waals surface area contributed by atoms with Crippen LogP contribution >= 0.6 is 11.3 Å². The average Bonchev–Trinajstić information content (AvgIpc) is 2.97. The molecule has 0 saturated heterocycles. The van der Waals surface area contributed by atoms with Gasteiger partial charge in [-0.1, -0.05) is 19.9 Å². The molecule has 2 rings (SSSR count). The SMILES string of the molecule is Cc1cc(C(=O)NC(c2cccs2)C(C)C)ccc1NN. The smallest absolute Gasteiger partial charge is 0.251 e. The van der Waals surface area contributed by atoms with Crippen molar-refractivity contribution in [3.63, 3.8) is 0 Å². The number of benzene rings is 1. The second-order valence-corrected chi connectivity index (χ2v) is 6.36. The van der Waals surface area contributed by atoms with E-state index in [9.17, 15) is 4.79 Å². The Kier molecular flexibility index (Phi) is 4.98. The summed E-state index contributed by atoms with van der Waals surface area (Å²) >= 11 is 1.66. The lowest BCUT2D eigenvalue weighted by Gasteiger charge is -2.21. The summed E-state index contributed by atoms with van der Waals surface area (Å²) in [7, 11) is 0. The summed E-state index contributed by atoms with van der Waals surface area (Å²) < 4.78 is 0. The van der Waals surface area contributed by atoms with Crippen LogP contribution in [-0.2, 0) is 0 Å². The van der Waals surface area contributed by atoms with Gasteiger partial charge in [-0.3, -0.25) is 10.6 Å². The summed E-state index contributed by atoms with van der Waals surface area (Å²) in [5.41, 5.74) is 5.03. The molecule has 0 radical (unpaired) electrons. The number of thiophene rings is 1. The molecule has 1 heterocycles. The Hall–Kier alpha value is -1.85. The van der Waals surface area contributed by atoms with Crippen LogP contribution in [0.1, 0.15) is 40.7 Å². The Balaban J connectivity index is 2.18. The Morgan fingerprint density at radius 3 is 2.57 bits per heavy atom. The minimum absolute atomic E-state index is 0.0325. The summed E-state index contributed by atoms with van der Waals surface area (Å²) in [4.78, 5) is 13.6. The van der Waals surface area contributed by atoms with Crippen LogP contribution in [0.5, 0.6) is 0 Å². The van der Waals surface area contributed by atoms with Crippen LogP contribution in [0.25, 0.3) is 0 Å². The largest absolute Gasteiger partial charge is 0.344 e. The molecule has 1 unspecified atom stereocenters. The van der Waals surface area contributed by atoms with Gasteiger partial charge in [0, 0.05) is 10.4 Å². The topological polar surface area (TPSA) is 67.2 Å². The molecule has 21 heavy (non-hydrogen) atoms. The van der Waals surface area contributed by atoms with Crippen LogP contribution in [0.3, 0.4) is 0 Å². The van der Waals surface area contributed by atoms with Crippen molar-refractivity contribution in [3.8, 4) is 0 Å². The molecule has 4 N–H and O–H groups in total. The fourth-order valence-electron chi connectivity index (χ4n) is 2.23. The summed E-state index contributed by atoms with van der Waals surface area (Å²) in [6, 6.07) is 9.54. The molecule has 5 heteroatoms. The molecule has 1 amide bonds. The highest BCUT2D eigenvalue weighted by Gasteiger charge is 2.20. The van der Waals surface area contributed by atoms with Gasteiger partial charge >= 0.3 is 0 Å². The molecule has 0 fully saturated rings. The number of nitrogen functional groups attached to an aromatic ring is 1. The van der Waals surface area contributed by atoms with E-state index >= 15 is 0 Å². The molecule has 1 aromatic carbocycles. The zero-order valence-corrected chi connectivity index (χ0v) is 13.3. The first kappa shape index (κ1) is 15.5. The predicted molar refractivity (Wildman–Crippen MR) is 88.4 cm³/mol. The minimum atomic E-state index is -0.0613. The van der Waals surface area contributed by atoms with E-state index in [0.29, 0.717) is 11.5 Å². The van der Waals surface area contributed by atoms with Crippen molar-refractivity contribution >= 4 is 22.9 Å². The molecular formula is C16H21N3OS. The van der Waals surface area contributed by atoms with Gasteiger partial charge in [0.05, 0.1) is 11.7 Å². The first-order valence-electron chi connectivity index (χ1n) is 6.94. The van der Waals surface area contributed by atoms with Crippen molar-refractivity contribution in [3.05, 3.63) is 51.7 Å². The predicted octanol–water partition coefficient (Wildman–Crippen LogP) is 3.47. The molecule has 0 saturated carbocycles. The Morgan fingerprint density at radius 2 is 2.05 bits per heavy atom. The van der Waals surface area contributed by atoms with E-state index in [1.807, 2.05) is 30.5 Å². The summed E-state index contributed by atoms with van der Waals surface area (Å²) in [5, 5.41) is 5.15. The number of nitrogens with two attached hydrogens (primary N) is 1. The van der Waals surface area contributed by atoms with E-state index in [1.165, 1.54) is 4.88 Å². The van der Waals surface area contributed by atoms with E-state index in [2.05, 4.69) is 30.7 Å². The van der Waals surface area contributed by atoms with Gasteiger partial charge in [-0.2, -0.15) is 0 Å². The minimum Gasteiger partial charge on any atom is -0.344 e. The Labute approximate surface area is 129 Å². The van der Waals surface area contributed by atoms with Crippen LogP contribution < -0.4 is 16.6 Å². The summed E-state index contributed by atoms with van der Waals surface area (Å²) in [6.07, 6.45) is 0. The van der Waals surface area contributed by atoms with Gasteiger partial charge in [0.25, 0.3) is 5.91 Å². The molecule has 0 aliphatic carbocycles. The zero-order chi connectivity index (χ0) is 15.4. The summed E-state index contributed by atoms with van der Waals surface area (Å²) in [6.45, 7) is 6.14. The quantitative estimate of drug-likeness (QED) is 0.585. The number of anilines is 1. The highest BCUT2D eigenvalue weighted by molar-refractivity contribution is 7.10. The molecule has 0 aliphatic heterocycles. The maximum absolute atomic E-state index is 12.4. The Morgan fingerprint density at radius 1 is 1.29 bits per heavy atom. The number of nitrogens with one attached hydrogen (secondary N) is 2. The van der Waals surface area contributed by atoms with Crippen molar-refractivity contribution in [1.82, 2.24) is 5.32 Å². The monoisotopic (exact) mass is 303 g/mol. The van der Waals surface area contributed by atoms with Gasteiger partial charge in [0.15, 0.2) is 0 Å². The van der Waals surface area contributed by atoms with Crippen molar-refractivity contribution in [1.29, 1.82) is 0 Å². The number of amides is 1. The van der Waals surface area contributed by atoms with Crippen LogP contribution in [0.2, 0.25) is 0 Å². The molecule has 0 bridgehead atoms. The van der Waals surface area contributed by atoms with E-state index < -0.39 is 0 Å². The summed E-state index contributed by atoms with van der Waals surface area (Å²) in [5.74, 6) is 5.68. The Bertz CT molecular complexity index is 608. The van der Waals surface area contributed by atoms with Crippen molar-refractivity contribution in [2.75, 3.05) is 5.43 Å². The van der Waals surface area contributed by atoms with Crippen LogP contribution in [-0.4, -0.2) is 5.91 Å². The fraction of sp³-hybridized carbons (Fsp3) is 0.312. The van der Waals surface area contributed by atoms with Crippen LogP contribution in [0.4, 0.5) is 5.69 Å². The number of carbonyl (C=O) groups excluding carboxylic acids is 1. The van der Waals surface area contributed by atoms with E-state index in [4.69, 9.17) is 5.84 Å². The second-order valence-electron chi connectivity index (χ2n) is 5.38. The molecule has 112 valence electrons. The highest BCUT2D eigenvalue weighted by Crippen LogP contribution is 2.26. The third kappa shape index (κ3) is 3.62. The van der Waals surface area contributed by atoms with Crippen LogP contribution in [0.15, 0.2) is 35.7 Å². The molecule has 0 spiro atoms. The number of hydrazine groups is 1. The standard InChI is InChI=1S/C16H21N3OS/c1-10(2)15(14-5-4-8-21-14)18-16(20)12-6-7-13(19-17)11(3)9-12/h4-10,15,19H,17H2,1-3H3,(H,18,20). The maximum atomic E-state index is 12.4. The highest BCUT2D eigenvalue weighted by atomic mass is 32.1. The number of rotatable bonds is 5. The lowest BCUT2D eigenvalue weighted by Crippen LogP contribution is -2.31. The second kappa shape index (κ2) is 6.74. The van der Waals surface area contributed by atoms with E-state index in [1.54, 1.807) is 17.4 Å². The molecule has 4 nitrogen and oxygen atoms in total. The van der Waals surface area contributed by atoms with E-state index in [0.717, 1.165) is 11.3 Å². The third-order valence-electron chi connectivity index (χ3n) is 3.45.